The summed E-state index contributed by atoms with van der Waals surface area (Å²) in [5.74, 6) is -2.76. The number of carbonyl (C=O) groups is 3. The summed E-state index contributed by atoms with van der Waals surface area (Å²) in [6.45, 7) is 5.12. The molecular formula is C25H26FN5O6. The second-order valence-electron chi connectivity index (χ2n) is 9.04. The lowest BCUT2D eigenvalue weighted by atomic mass is 10.1. The zero-order chi connectivity index (χ0) is 27.2. The molecule has 0 aliphatic carbocycles. The van der Waals surface area contributed by atoms with Crippen LogP contribution in [0.2, 0.25) is 0 Å². The summed E-state index contributed by atoms with van der Waals surface area (Å²) < 4.78 is 24.8. The fourth-order valence-electron chi connectivity index (χ4n) is 3.20. The molecule has 0 bridgehead atoms. The van der Waals surface area contributed by atoms with Crippen LogP contribution in [0.5, 0.6) is 11.6 Å². The van der Waals surface area contributed by atoms with Crippen molar-refractivity contribution in [3.8, 4) is 22.9 Å². The van der Waals surface area contributed by atoms with Crippen molar-refractivity contribution >= 4 is 18.0 Å². The number of aliphatic carboxylic acids is 1. The summed E-state index contributed by atoms with van der Waals surface area (Å²) >= 11 is 0. The van der Waals surface area contributed by atoms with Gasteiger partial charge in [0.05, 0.1) is 29.6 Å². The average molecular weight is 512 g/mol. The monoisotopic (exact) mass is 511 g/mol. The lowest BCUT2D eigenvalue weighted by Gasteiger charge is -2.23. The number of carbonyl (C=O) groups excluding carboxylic acids is 2. The van der Waals surface area contributed by atoms with Crippen molar-refractivity contribution in [1.29, 1.82) is 0 Å². The minimum atomic E-state index is -1.09. The standard InChI is InChI=1S/C25H26FN5O6/c1-25(2,3)37-24(35)31-16(10-21(32)33)9-17-12-28-13-20(30-17)14-4-6-18(7-5-14)36-23-19(26)8-15(11-29-23)22(27)34/h4-8,11-13,16H,9-10H2,1-3H3,(H2,27,34)(H,31,35)(H,32,33). The Morgan fingerprint density at radius 3 is 2.43 bits per heavy atom. The summed E-state index contributed by atoms with van der Waals surface area (Å²) in [4.78, 5) is 47.0. The van der Waals surface area contributed by atoms with E-state index in [2.05, 4.69) is 20.3 Å². The number of hydrogen-bond acceptors (Lipinski definition) is 8. The number of hydrogen-bond donors (Lipinski definition) is 3. The zero-order valence-corrected chi connectivity index (χ0v) is 20.4. The molecule has 0 aliphatic heterocycles. The highest BCUT2D eigenvalue weighted by Gasteiger charge is 2.22. The van der Waals surface area contributed by atoms with Crippen molar-refractivity contribution in [2.45, 2.75) is 45.3 Å². The number of nitrogens with zero attached hydrogens (tertiary/aromatic N) is 3. The molecule has 37 heavy (non-hydrogen) atoms. The van der Waals surface area contributed by atoms with Crippen LogP contribution in [0.15, 0.2) is 48.9 Å². The molecule has 4 N–H and O–H groups in total. The highest BCUT2D eigenvalue weighted by molar-refractivity contribution is 5.92. The highest BCUT2D eigenvalue weighted by Crippen LogP contribution is 2.26. The smallest absolute Gasteiger partial charge is 0.407 e. The number of halogens is 1. The molecule has 2 aromatic heterocycles. The number of ether oxygens (including phenoxy) is 2. The molecule has 3 aromatic rings. The molecule has 11 nitrogen and oxygen atoms in total. The summed E-state index contributed by atoms with van der Waals surface area (Å²) in [7, 11) is 0. The maximum absolute atomic E-state index is 14.1. The lowest BCUT2D eigenvalue weighted by molar-refractivity contribution is -0.137. The largest absolute Gasteiger partial charge is 0.481 e. The second-order valence-corrected chi connectivity index (χ2v) is 9.04. The molecule has 1 atom stereocenters. The number of amides is 2. The fraction of sp³-hybridized carbons (Fsp3) is 0.280. The fourth-order valence-corrected chi connectivity index (χ4v) is 3.20. The van der Waals surface area contributed by atoms with Gasteiger partial charge in [-0.2, -0.15) is 0 Å². The number of primary amides is 1. The van der Waals surface area contributed by atoms with Crippen LogP contribution < -0.4 is 15.8 Å². The van der Waals surface area contributed by atoms with Gasteiger partial charge in [0.25, 0.3) is 5.88 Å². The maximum Gasteiger partial charge on any atom is 0.407 e. The van der Waals surface area contributed by atoms with E-state index in [1.165, 1.54) is 12.4 Å². The maximum atomic E-state index is 14.1. The van der Waals surface area contributed by atoms with E-state index in [4.69, 9.17) is 15.2 Å². The van der Waals surface area contributed by atoms with Crippen molar-refractivity contribution < 1.29 is 33.4 Å². The van der Waals surface area contributed by atoms with Gasteiger partial charge in [-0.15, -0.1) is 0 Å². The summed E-state index contributed by atoms with van der Waals surface area (Å²) in [6.07, 6.45) is 3.18. The van der Waals surface area contributed by atoms with Gasteiger partial charge in [0.15, 0.2) is 5.82 Å². The van der Waals surface area contributed by atoms with Crippen LogP contribution in [0.4, 0.5) is 9.18 Å². The summed E-state index contributed by atoms with van der Waals surface area (Å²) in [5.41, 5.74) is 5.91. The summed E-state index contributed by atoms with van der Waals surface area (Å²) in [5, 5.41) is 11.8. The topological polar surface area (TPSA) is 167 Å². The Kier molecular flexibility index (Phi) is 8.33. The van der Waals surface area contributed by atoms with E-state index in [1.54, 1.807) is 45.0 Å². The van der Waals surface area contributed by atoms with Crippen LogP contribution in [-0.2, 0) is 16.0 Å². The molecule has 2 heterocycles. The molecule has 2 amide bonds. The van der Waals surface area contributed by atoms with Crippen LogP contribution in [0.25, 0.3) is 11.3 Å². The molecular weight excluding hydrogens is 485 g/mol. The van der Waals surface area contributed by atoms with Gasteiger partial charge >= 0.3 is 12.1 Å². The molecule has 1 unspecified atom stereocenters. The van der Waals surface area contributed by atoms with Gasteiger partial charge in [-0.1, -0.05) is 0 Å². The first-order valence-corrected chi connectivity index (χ1v) is 11.2. The predicted molar refractivity (Wildman–Crippen MR) is 129 cm³/mol. The van der Waals surface area contributed by atoms with E-state index >= 15 is 0 Å². The van der Waals surface area contributed by atoms with E-state index in [-0.39, 0.29) is 30.0 Å². The Morgan fingerprint density at radius 1 is 1.14 bits per heavy atom. The number of nitrogens with one attached hydrogen (secondary N) is 1. The molecule has 0 saturated carbocycles. The molecule has 1 aromatic carbocycles. The third kappa shape index (κ3) is 8.23. The molecule has 12 heteroatoms. The van der Waals surface area contributed by atoms with Crippen LogP contribution in [-0.4, -0.2) is 49.7 Å². The number of alkyl carbamates (subject to hydrolysis) is 1. The molecule has 3 rings (SSSR count). The summed E-state index contributed by atoms with van der Waals surface area (Å²) in [6, 6.07) is 6.67. The molecule has 0 radical (unpaired) electrons. The zero-order valence-electron chi connectivity index (χ0n) is 20.4. The number of carboxylic acid groups (broad SMARTS) is 1. The van der Waals surface area contributed by atoms with Gasteiger partial charge in [0.2, 0.25) is 5.91 Å². The Hall–Kier alpha value is -4.61. The van der Waals surface area contributed by atoms with E-state index in [1.807, 2.05) is 0 Å². The Bertz CT molecular complexity index is 1290. The van der Waals surface area contributed by atoms with Crippen molar-refractivity contribution in [3.05, 3.63) is 66.0 Å². The Morgan fingerprint density at radius 2 is 1.84 bits per heavy atom. The average Bonchev–Trinajstić information content (AvgIpc) is 2.79. The van der Waals surface area contributed by atoms with E-state index in [9.17, 15) is 23.9 Å². The normalized spacial score (nSPS) is 11.9. The second kappa shape index (κ2) is 11.4. The van der Waals surface area contributed by atoms with Gasteiger partial charge in [0.1, 0.15) is 11.4 Å². The number of pyridine rings is 1. The van der Waals surface area contributed by atoms with Crippen molar-refractivity contribution in [1.82, 2.24) is 20.3 Å². The third-order valence-electron chi connectivity index (χ3n) is 4.74. The van der Waals surface area contributed by atoms with Crippen molar-refractivity contribution in [2.75, 3.05) is 0 Å². The minimum Gasteiger partial charge on any atom is -0.481 e. The van der Waals surface area contributed by atoms with Gasteiger partial charge < -0.3 is 25.6 Å². The number of aromatic nitrogens is 3. The lowest BCUT2D eigenvalue weighted by Crippen LogP contribution is -2.41. The molecule has 0 aliphatic rings. The number of rotatable bonds is 9. The SMILES string of the molecule is CC(C)(C)OC(=O)NC(CC(=O)O)Cc1cncc(-c2ccc(Oc3ncc(C(N)=O)cc3F)cc2)n1. The van der Waals surface area contributed by atoms with Gasteiger partial charge in [-0.3, -0.25) is 14.6 Å². The van der Waals surface area contributed by atoms with Crippen LogP contribution in [0.1, 0.15) is 43.2 Å². The first kappa shape index (κ1) is 27.0. The number of carboxylic acids is 1. The van der Waals surface area contributed by atoms with E-state index in [0.29, 0.717) is 17.0 Å². The molecule has 0 spiro atoms. The van der Waals surface area contributed by atoms with Crippen molar-refractivity contribution in [2.24, 2.45) is 5.73 Å². The van der Waals surface area contributed by atoms with E-state index in [0.717, 1.165) is 12.3 Å². The number of nitrogens with two attached hydrogens (primary N) is 1. The van der Waals surface area contributed by atoms with Gasteiger partial charge in [0, 0.05) is 30.4 Å². The molecule has 0 fully saturated rings. The van der Waals surface area contributed by atoms with Crippen LogP contribution >= 0.6 is 0 Å². The van der Waals surface area contributed by atoms with Gasteiger partial charge in [-0.25, -0.2) is 19.2 Å². The highest BCUT2D eigenvalue weighted by atomic mass is 19.1. The first-order chi connectivity index (χ1) is 17.4. The van der Waals surface area contributed by atoms with Crippen LogP contribution in [0.3, 0.4) is 0 Å². The Balaban J connectivity index is 1.72. The van der Waals surface area contributed by atoms with Crippen LogP contribution in [0, 0.1) is 5.82 Å². The first-order valence-electron chi connectivity index (χ1n) is 11.2. The molecule has 0 saturated heterocycles. The van der Waals surface area contributed by atoms with E-state index < -0.39 is 35.4 Å². The third-order valence-corrected chi connectivity index (χ3v) is 4.74. The minimum absolute atomic E-state index is 0.0782. The molecule has 194 valence electrons. The predicted octanol–water partition coefficient (Wildman–Crippen LogP) is 3.48. The number of benzene rings is 1. The Labute approximate surface area is 211 Å². The van der Waals surface area contributed by atoms with Gasteiger partial charge in [-0.05, 0) is 51.1 Å². The van der Waals surface area contributed by atoms with Crippen molar-refractivity contribution in [3.63, 3.8) is 0 Å². The quantitative estimate of drug-likeness (QED) is 0.390.